The van der Waals surface area contributed by atoms with Crippen molar-refractivity contribution in [3.63, 3.8) is 0 Å². The Labute approximate surface area is 105 Å². The molecule has 0 radical (unpaired) electrons. The van der Waals surface area contributed by atoms with Gasteiger partial charge in [0.25, 0.3) is 0 Å². The first-order chi connectivity index (χ1) is 8.05. The van der Waals surface area contributed by atoms with E-state index in [1.165, 1.54) is 6.08 Å². The van der Waals surface area contributed by atoms with E-state index in [9.17, 15) is 9.90 Å². The molecule has 1 atom stereocenters. The van der Waals surface area contributed by atoms with Gasteiger partial charge < -0.3 is 14.0 Å². The quantitative estimate of drug-likeness (QED) is 0.509. The minimum atomic E-state index is -2.21. The third-order valence-corrected chi connectivity index (χ3v) is 6.63. The Morgan fingerprint density at radius 1 is 1.35 bits per heavy atom. The Morgan fingerprint density at radius 3 is 2.35 bits per heavy atom. The first-order valence-electron chi connectivity index (χ1n) is 6.00. The first kappa shape index (κ1) is 16.5. The average molecular weight is 260 g/mol. The maximum absolute atomic E-state index is 11.4. The molecule has 0 aliphatic rings. The second kappa shape index (κ2) is 8.58. The van der Waals surface area contributed by atoms with Gasteiger partial charge in [-0.3, -0.25) is 4.79 Å². The van der Waals surface area contributed by atoms with E-state index in [1.54, 1.807) is 27.2 Å². The molecular formula is C12H24O4Si. The molecule has 0 saturated carbocycles. The van der Waals surface area contributed by atoms with Crippen molar-refractivity contribution in [2.24, 2.45) is 0 Å². The molecule has 0 aromatic carbocycles. The van der Waals surface area contributed by atoms with Crippen LogP contribution in [0.1, 0.15) is 26.7 Å². The fraction of sp³-hybridized carbons (Fsp3) is 0.750. The highest BCUT2D eigenvalue weighted by Gasteiger charge is 2.35. The summed E-state index contributed by atoms with van der Waals surface area (Å²) in [6.45, 7) is 3.83. The van der Waals surface area contributed by atoms with Crippen molar-refractivity contribution in [3.05, 3.63) is 12.2 Å². The lowest BCUT2D eigenvalue weighted by molar-refractivity contribution is -0.122. The van der Waals surface area contributed by atoms with E-state index in [2.05, 4.69) is 6.92 Å². The number of rotatable bonds is 9. The molecule has 5 heteroatoms. The normalized spacial score (nSPS) is 14.2. The minimum absolute atomic E-state index is 0.251. The number of carbonyl (C=O) groups excluding carboxylic acids is 1. The van der Waals surface area contributed by atoms with Crippen molar-refractivity contribution >= 4 is 14.3 Å². The zero-order chi connectivity index (χ0) is 13.3. The summed E-state index contributed by atoms with van der Waals surface area (Å²) in [7, 11) is 1.08. The van der Waals surface area contributed by atoms with Crippen LogP contribution in [-0.2, 0) is 13.6 Å². The van der Waals surface area contributed by atoms with Gasteiger partial charge in [0.05, 0.1) is 0 Å². The van der Waals surface area contributed by atoms with E-state index < -0.39 is 14.7 Å². The molecule has 0 aliphatic heterocycles. The number of aliphatic hydroxyl groups excluding tert-OH is 1. The molecule has 0 fully saturated rings. The van der Waals surface area contributed by atoms with E-state index in [0.29, 0.717) is 12.5 Å². The number of aliphatic hydroxyl groups is 1. The molecule has 0 heterocycles. The van der Waals surface area contributed by atoms with Gasteiger partial charge >= 0.3 is 8.56 Å². The Balaban J connectivity index is 4.34. The SMILES string of the molecule is CC=CC(=O)C(O)CC[Si](CCC)(OC)OC. The van der Waals surface area contributed by atoms with E-state index in [-0.39, 0.29) is 5.78 Å². The average Bonchev–Trinajstić information content (AvgIpc) is 2.34. The lowest BCUT2D eigenvalue weighted by atomic mass is 10.2. The lowest BCUT2D eigenvalue weighted by Gasteiger charge is -2.27. The smallest absolute Gasteiger partial charge is 0.337 e. The Bertz CT molecular complexity index is 249. The summed E-state index contributed by atoms with van der Waals surface area (Å²) >= 11 is 0. The number of hydrogen-bond donors (Lipinski definition) is 1. The third-order valence-electron chi connectivity index (χ3n) is 2.83. The lowest BCUT2D eigenvalue weighted by Crippen LogP contribution is -2.41. The highest BCUT2D eigenvalue weighted by Crippen LogP contribution is 2.22. The minimum Gasteiger partial charge on any atom is -0.398 e. The highest BCUT2D eigenvalue weighted by molar-refractivity contribution is 6.67. The summed E-state index contributed by atoms with van der Waals surface area (Å²) in [5.74, 6) is -0.251. The van der Waals surface area contributed by atoms with Gasteiger partial charge in [-0.15, -0.1) is 0 Å². The van der Waals surface area contributed by atoms with Crippen LogP contribution in [0.15, 0.2) is 12.2 Å². The molecular weight excluding hydrogens is 236 g/mol. The second-order valence-electron chi connectivity index (χ2n) is 4.03. The van der Waals surface area contributed by atoms with Gasteiger partial charge in [0.2, 0.25) is 0 Å². The fourth-order valence-electron chi connectivity index (χ4n) is 1.77. The second-order valence-corrected chi connectivity index (χ2v) is 7.66. The van der Waals surface area contributed by atoms with Gasteiger partial charge in [0.1, 0.15) is 6.10 Å². The van der Waals surface area contributed by atoms with Gasteiger partial charge in [0, 0.05) is 14.2 Å². The molecule has 0 aromatic heterocycles. The predicted octanol–water partition coefficient (Wildman–Crippen LogP) is 2.03. The van der Waals surface area contributed by atoms with Gasteiger partial charge in [-0.05, 0) is 31.5 Å². The topological polar surface area (TPSA) is 55.8 Å². The molecule has 0 rings (SSSR count). The molecule has 1 N–H and O–H groups in total. The van der Waals surface area contributed by atoms with Crippen molar-refractivity contribution in [3.8, 4) is 0 Å². The molecule has 100 valence electrons. The van der Waals surface area contributed by atoms with Crippen LogP contribution in [0.25, 0.3) is 0 Å². The molecule has 0 aromatic rings. The third kappa shape index (κ3) is 5.58. The zero-order valence-electron chi connectivity index (χ0n) is 11.2. The van der Waals surface area contributed by atoms with E-state index in [1.807, 2.05) is 0 Å². The van der Waals surface area contributed by atoms with Gasteiger partial charge in [-0.1, -0.05) is 19.4 Å². The maximum Gasteiger partial charge on any atom is 0.337 e. The summed E-state index contributed by atoms with van der Waals surface area (Å²) in [5.41, 5.74) is 0. The van der Waals surface area contributed by atoms with Crippen molar-refractivity contribution in [1.82, 2.24) is 0 Å². The zero-order valence-corrected chi connectivity index (χ0v) is 12.2. The van der Waals surface area contributed by atoms with Gasteiger partial charge in [-0.2, -0.15) is 0 Å². The number of hydrogen-bond acceptors (Lipinski definition) is 4. The summed E-state index contributed by atoms with van der Waals surface area (Å²) < 4.78 is 11.0. The predicted molar refractivity (Wildman–Crippen MR) is 70.1 cm³/mol. The van der Waals surface area contributed by atoms with Crippen molar-refractivity contribution < 1.29 is 18.8 Å². The molecule has 4 nitrogen and oxygen atoms in total. The van der Waals surface area contributed by atoms with Crippen LogP contribution >= 0.6 is 0 Å². The van der Waals surface area contributed by atoms with Crippen LogP contribution in [0.4, 0.5) is 0 Å². The molecule has 0 spiro atoms. The van der Waals surface area contributed by atoms with E-state index >= 15 is 0 Å². The Hall–Kier alpha value is -0.493. The van der Waals surface area contributed by atoms with Gasteiger partial charge in [-0.25, -0.2) is 0 Å². The van der Waals surface area contributed by atoms with E-state index in [4.69, 9.17) is 8.85 Å². The van der Waals surface area contributed by atoms with Crippen molar-refractivity contribution in [2.75, 3.05) is 14.2 Å². The van der Waals surface area contributed by atoms with Crippen LogP contribution in [-0.4, -0.2) is 39.8 Å². The monoisotopic (exact) mass is 260 g/mol. The van der Waals surface area contributed by atoms with Crippen LogP contribution in [0, 0.1) is 0 Å². The Kier molecular flexibility index (Phi) is 8.33. The molecule has 0 bridgehead atoms. The maximum atomic E-state index is 11.4. The van der Waals surface area contributed by atoms with Crippen LogP contribution in [0.2, 0.25) is 12.1 Å². The number of carbonyl (C=O) groups is 1. The van der Waals surface area contributed by atoms with Crippen LogP contribution in [0.3, 0.4) is 0 Å². The summed E-state index contributed by atoms with van der Waals surface area (Å²) in [5, 5.41) is 9.68. The van der Waals surface area contributed by atoms with Crippen molar-refractivity contribution in [1.29, 1.82) is 0 Å². The molecule has 17 heavy (non-hydrogen) atoms. The van der Waals surface area contributed by atoms with Crippen LogP contribution in [0.5, 0.6) is 0 Å². The summed E-state index contributed by atoms with van der Waals surface area (Å²) in [6, 6.07) is 1.52. The van der Waals surface area contributed by atoms with Gasteiger partial charge in [0.15, 0.2) is 5.78 Å². The number of ketones is 1. The standard InChI is InChI=1S/C12H24O4Si/c1-5-7-11(13)12(14)8-10-17(15-3,16-4)9-6-2/h5,7,12,14H,6,8-10H2,1-4H3. The molecule has 0 aliphatic carbocycles. The van der Waals surface area contributed by atoms with Crippen molar-refractivity contribution in [2.45, 2.75) is 44.9 Å². The molecule has 1 unspecified atom stereocenters. The fourth-order valence-corrected chi connectivity index (χ4v) is 4.48. The Morgan fingerprint density at radius 2 is 1.94 bits per heavy atom. The summed E-state index contributed by atoms with van der Waals surface area (Å²) in [4.78, 5) is 11.4. The summed E-state index contributed by atoms with van der Waals surface area (Å²) in [6.07, 6.45) is 3.46. The van der Waals surface area contributed by atoms with Crippen LogP contribution < -0.4 is 0 Å². The highest BCUT2D eigenvalue weighted by atomic mass is 28.4. The number of allylic oxidation sites excluding steroid dienone is 1. The largest absolute Gasteiger partial charge is 0.398 e. The molecule has 0 amide bonds. The molecule has 0 saturated heterocycles. The first-order valence-corrected chi connectivity index (χ1v) is 8.23. The van der Waals surface area contributed by atoms with E-state index in [0.717, 1.165) is 12.5 Å².